The van der Waals surface area contributed by atoms with Gasteiger partial charge in [0.1, 0.15) is 0 Å². The summed E-state index contributed by atoms with van der Waals surface area (Å²) in [5.41, 5.74) is 1.22. The molecule has 21 heavy (non-hydrogen) atoms. The van der Waals surface area contributed by atoms with E-state index in [0.717, 1.165) is 25.9 Å². The van der Waals surface area contributed by atoms with Crippen LogP contribution < -0.4 is 5.32 Å². The Labute approximate surface area is 127 Å². The molecular formula is C16H26N4O. The smallest absolute Gasteiger partial charge is 0.236 e. The SMILES string of the molecule is C[C@H](NC1CCN(CC(=O)N(C)C)CC1)c1cccnc1. The van der Waals surface area contributed by atoms with Gasteiger partial charge in [0, 0.05) is 51.7 Å². The molecule has 0 saturated carbocycles. The maximum absolute atomic E-state index is 11.7. The van der Waals surface area contributed by atoms with Gasteiger partial charge in [-0.25, -0.2) is 0 Å². The topological polar surface area (TPSA) is 48.5 Å². The van der Waals surface area contributed by atoms with Crippen molar-refractivity contribution in [3.63, 3.8) is 0 Å². The molecule has 116 valence electrons. The third kappa shape index (κ3) is 4.79. The molecule has 1 aliphatic heterocycles. The van der Waals surface area contributed by atoms with Gasteiger partial charge in [0.2, 0.25) is 5.91 Å². The number of hydrogen-bond donors (Lipinski definition) is 1. The maximum atomic E-state index is 11.7. The van der Waals surface area contributed by atoms with Crippen LogP contribution in [-0.4, -0.2) is 60.5 Å². The number of carbonyl (C=O) groups excluding carboxylic acids is 1. The van der Waals surface area contributed by atoms with Gasteiger partial charge in [-0.1, -0.05) is 6.07 Å². The highest BCUT2D eigenvalue weighted by Gasteiger charge is 2.22. The molecule has 1 aromatic heterocycles. The van der Waals surface area contributed by atoms with Crippen LogP contribution in [0.25, 0.3) is 0 Å². The predicted molar refractivity (Wildman–Crippen MR) is 83.9 cm³/mol. The Hall–Kier alpha value is -1.46. The molecule has 1 N–H and O–H groups in total. The zero-order chi connectivity index (χ0) is 15.2. The number of hydrogen-bond acceptors (Lipinski definition) is 4. The fraction of sp³-hybridized carbons (Fsp3) is 0.625. The molecular weight excluding hydrogens is 264 g/mol. The molecule has 5 heteroatoms. The maximum Gasteiger partial charge on any atom is 0.236 e. The Morgan fingerprint density at radius 1 is 1.48 bits per heavy atom. The largest absolute Gasteiger partial charge is 0.348 e. The summed E-state index contributed by atoms with van der Waals surface area (Å²) in [5.74, 6) is 0.185. The Bertz CT molecular complexity index is 441. The van der Waals surface area contributed by atoms with Crippen molar-refractivity contribution in [2.75, 3.05) is 33.7 Å². The molecule has 0 spiro atoms. The third-order valence-corrected chi connectivity index (χ3v) is 4.12. The minimum Gasteiger partial charge on any atom is -0.348 e. The van der Waals surface area contributed by atoms with Crippen LogP contribution in [-0.2, 0) is 4.79 Å². The summed E-state index contributed by atoms with van der Waals surface area (Å²) in [6.07, 6.45) is 5.90. The highest BCUT2D eigenvalue weighted by Crippen LogP contribution is 2.16. The lowest BCUT2D eigenvalue weighted by Gasteiger charge is -2.34. The van der Waals surface area contributed by atoms with Crippen LogP contribution in [0.1, 0.15) is 31.4 Å². The van der Waals surface area contributed by atoms with E-state index in [9.17, 15) is 4.79 Å². The fourth-order valence-electron chi connectivity index (χ4n) is 2.67. The predicted octanol–water partition coefficient (Wildman–Crippen LogP) is 1.28. The summed E-state index contributed by atoms with van der Waals surface area (Å²) in [4.78, 5) is 19.8. The van der Waals surface area contributed by atoms with Gasteiger partial charge >= 0.3 is 0 Å². The first-order valence-electron chi connectivity index (χ1n) is 7.64. The van der Waals surface area contributed by atoms with Gasteiger partial charge in [-0.3, -0.25) is 14.7 Å². The van der Waals surface area contributed by atoms with E-state index in [1.807, 2.05) is 26.4 Å². The van der Waals surface area contributed by atoms with E-state index >= 15 is 0 Å². The van der Waals surface area contributed by atoms with Crippen LogP contribution in [0.5, 0.6) is 0 Å². The molecule has 0 aromatic carbocycles. The van der Waals surface area contributed by atoms with Crippen LogP contribution in [0, 0.1) is 0 Å². The first kappa shape index (κ1) is 15.9. The van der Waals surface area contributed by atoms with Gasteiger partial charge in [0.05, 0.1) is 6.54 Å². The zero-order valence-corrected chi connectivity index (χ0v) is 13.2. The van der Waals surface area contributed by atoms with Crippen LogP contribution in [0.15, 0.2) is 24.5 Å². The minimum atomic E-state index is 0.185. The lowest BCUT2D eigenvalue weighted by molar-refractivity contribution is -0.130. The van der Waals surface area contributed by atoms with Crippen molar-refractivity contribution in [3.05, 3.63) is 30.1 Å². The minimum absolute atomic E-state index is 0.185. The molecule has 2 rings (SSSR count). The highest BCUT2D eigenvalue weighted by atomic mass is 16.2. The van der Waals surface area contributed by atoms with E-state index in [2.05, 4.69) is 28.2 Å². The fourth-order valence-corrected chi connectivity index (χ4v) is 2.67. The van der Waals surface area contributed by atoms with Crippen LogP contribution in [0.2, 0.25) is 0 Å². The summed E-state index contributed by atoms with van der Waals surface area (Å²) in [5, 5.41) is 3.67. The second-order valence-electron chi connectivity index (χ2n) is 6.01. The number of pyridine rings is 1. The van der Waals surface area contributed by atoms with Gasteiger partial charge in [-0.05, 0) is 31.4 Å². The van der Waals surface area contributed by atoms with E-state index in [1.165, 1.54) is 5.56 Å². The van der Waals surface area contributed by atoms with Crippen molar-refractivity contribution in [2.45, 2.75) is 31.8 Å². The van der Waals surface area contributed by atoms with Crippen molar-refractivity contribution >= 4 is 5.91 Å². The lowest BCUT2D eigenvalue weighted by Crippen LogP contribution is -2.46. The number of nitrogens with one attached hydrogen (secondary N) is 1. The average Bonchev–Trinajstić information content (AvgIpc) is 2.50. The molecule has 1 aromatic rings. The molecule has 5 nitrogen and oxygen atoms in total. The first-order chi connectivity index (χ1) is 10.1. The van der Waals surface area contributed by atoms with Gasteiger partial charge in [0.25, 0.3) is 0 Å². The number of carbonyl (C=O) groups is 1. The van der Waals surface area contributed by atoms with Crippen LogP contribution in [0.4, 0.5) is 0 Å². The van der Waals surface area contributed by atoms with Gasteiger partial charge < -0.3 is 10.2 Å². The number of nitrogens with zero attached hydrogens (tertiary/aromatic N) is 3. The van der Waals surface area contributed by atoms with Crippen LogP contribution in [0.3, 0.4) is 0 Å². The van der Waals surface area contributed by atoms with Crippen molar-refractivity contribution < 1.29 is 4.79 Å². The Balaban J connectivity index is 1.75. The van der Waals surface area contributed by atoms with Crippen molar-refractivity contribution in [2.24, 2.45) is 0 Å². The van der Waals surface area contributed by atoms with Gasteiger partial charge in [-0.15, -0.1) is 0 Å². The second kappa shape index (κ2) is 7.52. The molecule has 1 amide bonds. The number of likely N-dealkylation sites (N-methyl/N-ethyl adjacent to an activating group) is 1. The average molecular weight is 290 g/mol. The molecule has 1 saturated heterocycles. The number of likely N-dealkylation sites (tertiary alicyclic amines) is 1. The van der Waals surface area contributed by atoms with Gasteiger partial charge in [0.15, 0.2) is 0 Å². The molecule has 0 unspecified atom stereocenters. The Morgan fingerprint density at radius 2 is 2.19 bits per heavy atom. The monoisotopic (exact) mass is 290 g/mol. The first-order valence-corrected chi connectivity index (χ1v) is 7.64. The molecule has 1 aliphatic rings. The van der Waals surface area contributed by atoms with Crippen molar-refractivity contribution in [3.8, 4) is 0 Å². The number of aromatic nitrogens is 1. The number of amides is 1. The molecule has 2 heterocycles. The number of rotatable bonds is 5. The summed E-state index contributed by atoms with van der Waals surface area (Å²) >= 11 is 0. The summed E-state index contributed by atoms with van der Waals surface area (Å²) in [6, 6.07) is 4.92. The van der Waals surface area contributed by atoms with Crippen LogP contribution >= 0.6 is 0 Å². The number of piperidine rings is 1. The normalized spacial score (nSPS) is 18.4. The summed E-state index contributed by atoms with van der Waals surface area (Å²) < 4.78 is 0. The zero-order valence-electron chi connectivity index (χ0n) is 13.2. The second-order valence-corrected chi connectivity index (χ2v) is 6.01. The van der Waals surface area contributed by atoms with E-state index < -0.39 is 0 Å². The Morgan fingerprint density at radius 3 is 2.76 bits per heavy atom. The van der Waals surface area contributed by atoms with Crippen molar-refractivity contribution in [1.82, 2.24) is 20.1 Å². The van der Waals surface area contributed by atoms with E-state index in [-0.39, 0.29) is 5.91 Å². The van der Waals surface area contributed by atoms with E-state index in [4.69, 9.17) is 0 Å². The molecule has 1 fully saturated rings. The van der Waals surface area contributed by atoms with E-state index in [0.29, 0.717) is 18.6 Å². The highest BCUT2D eigenvalue weighted by molar-refractivity contribution is 5.77. The standard InChI is InChI=1S/C16H26N4O/c1-13(14-5-4-8-17-11-14)18-15-6-9-20(10-7-15)12-16(21)19(2)3/h4-5,8,11,13,15,18H,6-7,9-10,12H2,1-3H3/t13-/m0/s1. The molecule has 1 atom stereocenters. The summed E-state index contributed by atoms with van der Waals surface area (Å²) in [7, 11) is 3.62. The molecule has 0 aliphatic carbocycles. The molecule has 0 radical (unpaired) electrons. The lowest BCUT2D eigenvalue weighted by atomic mass is 10.0. The van der Waals surface area contributed by atoms with Gasteiger partial charge in [-0.2, -0.15) is 0 Å². The van der Waals surface area contributed by atoms with Crippen molar-refractivity contribution in [1.29, 1.82) is 0 Å². The third-order valence-electron chi connectivity index (χ3n) is 4.12. The van der Waals surface area contributed by atoms with E-state index in [1.54, 1.807) is 11.1 Å². The quantitative estimate of drug-likeness (QED) is 0.887. The molecule has 0 bridgehead atoms. The summed E-state index contributed by atoms with van der Waals surface area (Å²) in [6.45, 7) is 4.69. The Kier molecular flexibility index (Phi) is 5.70.